The van der Waals surface area contributed by atoms with Crippen molar-refractivity contribution in [1.29, 1.82) is 0 Å². The third kappa shape index (κ3) is 2.14. The van der Waals surface area contributed by atoms with Crippen LogP contribution in [0.1, 0.15) is 33.1 Å². The van der Waals surface area contributed by atoms with Crippen molar-refractivity contribution in [2.75, 3.05) is 0 Å². The van der Waals surface area contributed by atoms with Crippen molar-refractivity contribution in [3.63, 3.8) is 0 Å². The van der Waals surface area contributed by atoms with E-state index in [1.165, 1.54) is 6.42 Å². The van der Waals surface area contributed by atoms with E-state index >= 15 is 0 Å². The summed E-state index contributed by atoms with van der Waals surface area (Å²) < 4.78 is 5.50. The van der Waals surface area contributed by atoms with Gasteiger partial charge < -0.3 is 4.74 Å². The van der Waals surface area contributed by atoms with E-state index in [-0.39, 0.29) is 12.1 Å². The Bertz CT molecular complexity index is 314. The van der Waals surface area contributed by atoms with Crippen molar-refractivity contribution in [2.45, 2.75) is 39.2 Å². The summed E-state index contributed by atoms with van der Waals surface area (Å²) in [7, 11) is 0. The van der Waals surface area contributed by atoms with Gasteiger partial charge in [0.1, 0.15) is 6.10 Å². The molecular weight excluding hydrogens is 188 g/mol. The van der Waals surface area contributed by atoms with Crippen LogP contribution in [0.25, 0.3) is 0 Å². The molecule has 0 aliphatic heterocycles. The molecule has 3 atom stereocenters. The van der Waals surface area contributed by atoms with Crippen molar-refractivity contribution < 1.29 is 9.53 Å². The Hall–Kier alpha value is -1.05. The predicted molar refractivity (Wildman–Crippen MR) is 59.3 cm³/mol. The normalized spacial score (nSPS) is 33.5. The molecule has 0 aromatic carbocycles. The lowest BCUT2D eigenvalue weighted by Crippen LogP contribution is -2.22. The highest BCUT2D eigenvalue weighted by Crippen LogP contribution is 2.40. The zero-order valence-corrected chi connectivity index (χ0v) is 9.40. The van der Waals surface area contributed by atoms with Crippen molar-refractivity contribution >= 4 is 5.97 Å². The van der Waals surface area contributed by atoms with Gasteiger partial charge in [0, 0.05) is 11.5 Å². The molecule has 0 amide bonds. The molecule has 0 N–H and O–H groups in total. The van der Waals surface area contributed by atoms with Gasteiger partial charge in [0.25, 0.3) is 0 Å². The van der Waals surface area contributed by atoms with Crippen molar-refractivity contribution in [3.05, 3.63) is 23.8 Å². The molecule has 0 heterocycles. The molecule has 2 bridgehead atoms. The third-order valence-electron chi connectivity index (χ3n) is 3.31. The summed E-state index contributed by atoms with van der Waals surface area (Å²) in [4.78, 5) is 11.7. The molecule has 1 saturated carbocycles. The highest BCUT2D eigenvalue weighted by Gasteiger charge is 2.38. The molecule has 82 valence electrons. The Balaban J connectivity index is 1.90. The van der Waals surface area contributed by atoms with Crippen LogP contribution >= 0.6 is 0 Å². The first-order valence-electron chi connectivity index (χ1n) is 5.76. The molecule has 0 spiro atoms. The quantitative estimate of drug-likeness (QED) is 0.403. The largest absolute Gasteiger partial charge is 0.458 e. The van der Waals surface area contributed by atoms with Gasteiger partial charge in [-0.3, -0.25) is 0 Å². The van der Waals surface area contributed by atoms with Crippen LogP contribution in [0, 0.1) is 11.8 Å². The molecule has 0 radical (unpaired) electrons. The number of rotatable bonds is 3. The maximum Gasteiger partial charge on any atom is 0.333 e. The highest BCUT2D eigenvalue weighted by atomic mass is 16.5. The first kappa shape index (κ1) is 10.5. The number of allylic oxidation sites excluding steroid dienone is 2. The summed E-state index contributed by atoms with van der Waals surface area (Å²) in [6.07, 6.45) is 9.59. The van der Waals surface area contributed by atoms with Crippen LogP contribution in [-0.4, -0.2) is 12.1 Å². The molecule has 2 heteroatoms. The average molecular weight is 206 g/mol. The summed E-state index contributed by atoms with van der Waals surface area (Å²) in [5, 5.41) is 0. The molecule has 2 nitrogen and oxygen atoms in total. The minimum Gasteiger partial charge on any atom is -0.458 e. The lowest BCUT2D eigenvalue weighted by atomic mass is 10.0. The molecule has 0 aromatic heterocycles. The van der Waals surface area contributed by atoms with Gasteiger partial charge in [-0.1, -0.05) is 25.2 Å². The average Bonchev–Trinajstić information content (AvgIpc) is 2.79. The predicted octanol–water partition coefficient (Wildman–Crippen LogP) is 2.85. The molecule has 2 aliphatic rings. The number of carbonyl (C=O) groups excluding carboxylic acids is 1. The van der Waals surface area contributed by atoms with Gasteiger partial charge >= 0.3 is 5.97 Å². The summed E-state index contributed by atoms with van der Waals surface area (Å²) in [5.74, 6) is 0.999. The molecular formula is C13H18O2. The molecule has 15 heavy (non-hydrogen) atoms. The maximum absolute atomic E-state index is 11.7. The number of esters is 1. The summed E-state index contributed by atoms with van der Waals surface area (Å²) in [5.41, 5.74) is 0.740. The van der Waals surface area contributed by atoms with Crippen LogP contribution in [0.3, 0.4) is 0 Å². The third-order valence-corrected chi connectivity index (χ3v) is 3.31. The Kier molecular flexibility index (Phi) is 2.94. The highest BCUT2D eigenvalue weighted by molar-refractivity contribution is 5.87. The van der Waals surface area contributed by atoms with E-state index in [9.17, 15) is 4.79 Å². The lowest BCUT2D eigenvalue weighted by molar-refractivity contribution is -0.145. The van der Waals surface area contributed by atoms with Crippen LogP contribution in [0.2, 0.25) is 0 Å². The zero-order chi connectivity index (χ0) is 10.8. The Morgan fingerprint density at radius 3 is 2.80 bits per heavy atom. The summed E-state index contributed by atoms with van der Waals surface area (Å²) >= 11 is 0. The van der Waals surface area contributed by atoms with Crippen LogP contribution in [0.5, 0.6) is 0 Å². The number of hydrogen-bond acceptors (Lipinski definition) is 2. The van der Waals surface area contributed by atoms with E-state index in [0.717, 1.165) is 18.4 Å². The molecule has 2 rings (SSSR count). The van der Waals surface area contributed by atoms with Gasteiger partial charge in [-0.05, 0) is 32.1 Å². The molecule has 2 aliphatic carbocycles. The SMILES string of the molecule is CC/C=C(\C)C(=O)OC1CC2C=CC1C2. The van der Waals surface area contributed by atoms with Gasteiger partial charge in [0.05, 0.1) is 0 Å². The first-order chi connectivity index (χ1) is 7.20. The Labute approximate surface area is 91.0 Å². The van der Waals surface area contributed by atoms with Crippen LogP contribution in [0.15, 0.2) is 23.8 Å². The number of ether oxygens (including phenoxy) is 1. The van der Waals surface area contributed by atoms with Crippen molar-refractivity contribution in [3.8, 4) is 0 Å². The topological polar surface area (TPSA) is 26.3 Å². The Morgan fingerprint density at radius 2 is 2.27 bits per heavy atom. The molecule has 3 unspecified atom stereocenters. The van der Waals surface area contributed by atoms with Gasteiger partial charge in [-0.2, -0.15) is 0 Å². The summed E-state index contributed by atoms with van der Waals surface area (Å²) in [6, 6.07) is 0. The standard InChI is InChI=1S/C13H18O2/c1-3-4-9(2)13(14)15-12-8-10-5-6-11(12)7-10/h4-6,10-12H,3,7-8H2,1-2H3/b9-4+. The molecule has 0 aromatic rings. The minimum atomic E-state index is -0.136. The summed E-state index contributed by atoms with van der Waals surface area (Å²) in [6.45, 7) is 3.85. The monoisotopic (exact) mass is 206 g/mol. The van der Waals surface area contributed by atoms with Crippen molar-refractivity contribution in [2.24, 2.45) is 11.8 Å². The maximum atomic E-state index is 11.7. The van der Waals surface area contributed by atoms with Gasteiger partial charge in [0.15, 0.2) is 0 Å². The fourth-order valence-corrected chi connectivity index (χ4v) is 2.49. The lowest BCUT2D eigenvalue weighted by Gasteiger charge is -2.18. The second-order valence-electron chi connectivity index (χ2n) is 4.52. The van der Waals surface area contributed by atoms with Crippen molar-refractivity contribution in [1.82, 2.24) is 0 Å². The van der Waals surface area contributed by atoms with Gasteiger partial charge in [-0.25, -0.2) is 4.79 Å². The second kappa shape index (κ2) is 4.21. The number of fused-ring (bicyclic) bond motifs is 2. The van der Waals surface area contributed by atoms with E-state index in [1.54, 1.807) is 0 Å². The first-order valence-corrected chi connectivity index (χ1v) is 5.76. The molecule has 1 fully saturated rings. The van der Waals surface area contributed by atoms with Crippen LogP contribution in [-0.2, 0) is 9.53 Å². The number of hydrogen-bond donors (Lipinski definition) is 0. The number of carbonyl (C=O) groups is 1. The van der Waals surface area contributed by atoms with Crippen LogP contribution < -0.4 is 0 Å². The van der Waals surface area contributed by atoms with E-state index in [4.69, 9.17) is 4.74 Å². The fraction of sp³-hybridized carbons (Fsp3) is 0.615. The molecule has 0 saturated heterocycles. The van der Waals surface area contributed by atoms with Gasteiger partial charge in [-0.15, -0.1) is 0 Å². The smallest absolute Gasteiger partial charge is 0.333 e. The fourth-order valence-electron chi connectivity index (χ4n) is 2.49. The van der Waals surface area contributed by atoms with E-state index in [0.29, 0.717) is 11.8 Å². The van der Waals surface area contributed by atoms with E-state index in [2.05, 4.69) is 12.2 Å². The second-order valence-corrected chi connectivity index (χ2v) is 4.52. The Morgan fingerprint density at radius 1 is 1.47 bits per heavy atom. The van der Waals surface area contributed by atoms with Crippen LogP contribution in [0.4, 0.5) is 0 Å². The zero-order valence-electron chi connectivity index (χ0n) is 9.40. The van der Waals surface area contributed by atoms with E-state index < -0.39 is 0 Å². The van der Waals surface area contributed by atoms with Gasteiger partial charge in [0.2, 0.25) is 0 Å². The minimum absolute atomic E-state index is 0.132. The van der Waals surface area contributed by atoms with E-state index in [1.807, 2.05) is 19.9 Å².